The molecule has 3 rings (SSSR count). The Labute approximate surface area is 173 Å². The molecule has 1 saturated heterocycles. The Kier molecular flexibility index (Phi) is 6.91. The standard InChI is InChI=1S/C24H31N3O2/c1-4-14-25-23(28)19-12-15-27(16-13-19)24(29)20-9-5-6-10-22(20)26-21-11-7-8-17(2)18(21)3/h5-11,19,26H,4,12-16H2,1-3H3,(H,25,28). The lowest BCUT2D eigenvalue weighted by molar-refractivity contribution is -0.126. The lowest BCUT2D eigenvalue weighted by Gasteiger charge is -2.32. The van der Waals surface area contributed by atoms with E-state index in [0.29, 0.717) is 31.5 Å². The molecule has 0 radical (unpaired) electrons. The average molecular weight is 394 g/mol. The highest BCUT2D eigenvalue weighted by Crippen LogP contribution is 2.27. The first-order valence-electron chi connectivity index (χ1n) is 10.5. The third kappa shape index (κ3) is 4.97. The molecule has 0 atom stereocenters. The number of para-hydroxylation sites is 1. The van der Waals surface area contributed by atoms with Gasteiger partial charge < -0.3 is 15.5 Å². The zero-order valence-electron chi connectivity index (χ0n) is 17.6. The molecule has 0 unspecified atom stereocenters. The first-order valence-corrected chi connectivity index (χ1v) is 10.5. The average Bonchev–Trinajstić information content (AvgIpc) is 2.75. The Morgan fingerprint density at radius 2 is 1.69 bits per heavy atom. The second-order valence-electron chi connectivity index (χ2n) is 7.78. The molecular formula is C24H31N3O2. The highest BCUT2D eigenvalue weighted by molar-refractivity contribution is 6.00. The van der Waals surface area contributed by atoms with E-state index in [4.69, 9.17) is 0 Å². The summed E-state index contributed by atoms with van der Waals surface area (Å²) in [6.07, 6.45) is 2.37. The lowest BCUT2D eigenvalue weighted by atomic mass is 9.95. The van der Waals surface area contributed by atoms with Crippen molar-refractivity contribution in [3.63, 3.8) is 0 Å². The number of amides is 2. The van der Waals surface area contributed by atoms with Crippen LogP contribution < -0.4 is 10.6 Å². The summed E-state index contributed by atoms with van der Waals surface area (Å²) in [7, 11) is 0. The topological polar surface area (TPSA) is 61.4 Å². The van der Waals surface area contributed by atoms with Crippen LogP contribution in [0.15, 0.2) is 42.5 Å². The highest BCUT2D eigenvalue weighted by Gasteiger charge is 2.28. The van der Waals surface area contributed by atoms with Gasteiger partial charge in [0.05, 0.1) is 11.3 Å². The van der Waals surface area contributed by atoms with Crippen molar-refractivity contribution in [2.75, 3.05) is 25.0 Å². The predicted molar refractivity (Wildman–Crippen MR) is 118 cm³/mol. The van der Waals surface area contributed by atoms with Crippen LogP contribution in [0.25, 0.3) is 0 Å². The van der Waals surface area contributed by atoms with Crippen LogP contribution in [0, 0.1) is 19.8 Å². The maximum Gasteiger partial charge on any atom is 0.255 e. The van der Waals surface area contributed by atoms with Crippen LogP contribution in [0.1, 0.15) is 47.7 Å². The third-order valence-electron chi connectivity index (χ3n) is 5.73. The summed E-state index contributed by atoms with van der Waals surface area (Å²) in [6.45, 7) is 8.15. The van der Waals surface area contributed by atoms with E-state index in [0.717, 1.165) is 24.3 Å². The number of anilines is 2. The third-order valence-corrected chi connectivity index (χ3v) is 5.73. The molecule has 0 bridgehead atoms. The molecule has 5 nitrogen and oxygen atoms in total. The number of rotatable bonds is 6. The summed E-state index contributed by atoms with van der Waals surface area (Å²) in [4.78, 5) is 27.3. The van der Waals surface area contributed by atoms with E-state index in [9.17, 15) is 9.59 Å². The predicted octanol–water partition coefficient (Wildman–Crippen LogP) is 4.43. The van der Waals surface area contributed by atoms with E-state index >= 15 is 0 Å². The Morgan fingerprint density at radius 3 is 2.41 bits per heavy atom. The smallest absolute Gasteiger partial charge is 0.255 e. The van der Waals surface area contributed by atoms with Crippen molar-refractivity contribution in [3.8, 4) is 0 Å². The van der Waals surface area contributed by atoms with Gasteiger partial charge in [-0.05, 0) is 62.4 Å². The van der Waals surface area contributed by atoms with E-state index in [1.165, 1.54) is 11.1 Å². The molecule has 5 heteroatoms. The van der Waals surface area contributed by atoms with E-state index in [1.54, 1.807) is 0 Å². The largest absolute Gasteiger partial charge is 0.356 e. The van der Waals surface area contributed by atoms with Crippen LogP contribution in [0.4, 0.5) is 11.4 Å². The number of benzene rings is 2. The van der Waals surface area contributed by atoms with Crippen LogP contribution in [0.5, 0.6) is 0 Å². The fourth-order valence-corrected chi connectivity index (χ4v) is 3.72. The molecule has 2 aromatic carbocycles. The number of piperidine rings is 1. The molecule has 0 saturated carbocycles. The highest BCUT2D eigenvalue weighted by atomic mass is 16.2. The minimum Gasteiger partial charge on any atom is -0.356 e. The summed E-state index contributed by atoms with van der Waals surface area (Å²) in [5.41, 5.74) is 4.88. The Hall–Kier alpha value is -2.82. The Morgan fingerprint density at radius 1 is 1.00 bits per heavy atom. The number of likely N-dealkylation sites (tertiary alicyclic amines) is 1. The first-order chi connectivity index (χ1) is 14.0. The van der Waals surface area contributed by atoms with Gasteiger partial charge in [-0.2, -0.15) is 0 Å². The number of carbonyl (C=O) groups is 2. The number of carbonyl (C=O) groups excluding carboxylic acids is 2. The maximum atomic E-state index is 13.2. The van der Waals surface area contributed by atoms with Crippen molar-refractivity contribution in [2.24, 2.45) is 5.92 Å². The quantitative estimate of drug-likeness (QED) is 0.763. The van der Waals surface area contributed by atoms with Crippen LogP contribution in [-0.2, 0) is 4.79 Å². The van der Waals surface area contributed by atoms with Gasteiger partial charge in [0.2, 0.25) is 5.91 Å². The zero-order valence-corrected chi connectivity index (χ0v) is 17.6. The normalized spacial score (nSPS) is 14.5. The molecule has 0 aromatic heterocycles. The van der Waals surface area contributed by atoms with Gasteiger partial charge in [0, 0.05) is 31.2 Å². The Bertz CT molecular complexity index is 870. The lowest BCUT2D eigenvalue weighted by Crippen LogP contribution is -2.43. The van der Waals surface area contributed by atoms with Crippen LogP contribution in [-0.4, -0.2) is 36.3 Å². The van der Waals surface area contributed by atoms with Crippen LogP contribution in [0.3, 0.4) is 0 Å². The van der Waals surface area contributed by atoms with E-state index < -0.39 is 0 Å². The van der Waals surface area contributed by atoms with Crippen molar-refractivity contribution in [2.45, 2.75) is 40.0 Å². The second kappa shape index (κ2) is 9.59. The summed E-state index contributed by atoms with van der Waals surface area (Å²) in [5.74, 6) is 0.149. The van der Waals surface area contributed by atoms with Gasteiger partial charge in [0.1, 0.15) is 0 Å². The van der Waals surface area contributed by atoms with Crippen molar-refractivity contribution in [1.82, 2.24) is 10.2 Å². The molecule has 2 N–H and O–H groups in total. The van der Waals surface area contributed by atoms with Gasteiger partial charge in [-0.1, -0.05) is 31.2 Å². The number of hydrogen-bond donors (Lipinski definition) is 2. The van der Waals surface area contributed by atoms with E-state index in [1.807, 2.05) is 48.2 Å². The molecular weight excluding hydrogens is 362 g/mol. The monoisotopic (exact) mass is 393 g/mol. The van der Waals surface area contributed by atoms with E-state index in [-0.39, 0.29) is 17.7 Å². The Balaban J connectivity index is 1.69. The fraction of sp³-hybridized carbons (Fsp3) is 0.417. The molecule has 1 aliphatic heterocycles. The van der Waals surface area contributed by atoms with Crippen LogP contribution >= 0.6 is 0 Å². The summed E-state index contributed by atoms with van der Waals surface area (Å²) in [5, 5.41) is 6.41. The number of aryl methyl sites for hydroxylation is 1. The van der Waals surface area contributed by atoms with Crippen molar-refractivity contribution in [1.29, 1.82) is 0 Å². The molecule has 1 aliphatic rings. The molecule has 2 aromatic rings. The molecule has 29 heavy (non-hydrogen) atoms. The zero-order chi connectivity index (χ0) is 20.8. The maximum absolute atomic E-state index is 13.2. The summed E-state index contributed by atoms with van der Waals surface area (Å²) < 4.78 is 0. The fourth-order valence-electron chi connectivity index (χ4n) is 3.72. The summed E-state index contributed by atoms with van der Waals surface area (Å²) >= 11 is 0. The molecule has 0 spiro atoms. The first kappa shape index (κ1) is 20.9. The van der Waals surface area contributed by atoms with Crippen molar-refractivity contribution < 1.29 is 9.59 Å². The molecule has 0 aliphatic carbocycles. The van der Waals surface area contributed by atoms with Crippen molar-refractivity contribution >= 4 is 23.2 Å². The van der Waals surface area contributed by atoms with Gasteiger partial charge in [0.15, 0.2) is 0 Å². The number of nitrogens with zero attached hydrogens (tertiary/aromatic N) is 1. The van der Waals surface area contributed by atoms with E-state index in [2.05, 4.69) is 30.5 Å². The van der Waals surface area contributed by atoms with Gasteiger partial charge in [-0.15, -0.1) is 0 Å². The molecule has 1 heterocycles. The SMILES string of the molecule is CCCNC(=O)C1CCN(C(=O)c2ccccc2Nc2cccc(C)c2C)CC1. The van der Waals surface area contributed by atoms with Gasteiger partial charge >= 0.3 is 0 Å². The minimum atomic E-state index is 0.00825. The van der Waals surface area contributed by atoms with Gasteiger partial charge in [0.25, 0.3) is 5.91 Å². The van der Waals surface area contributed by atoms with Gasteiger partial charge in [-0.3, -0.25) is 9.59 Å². The number of hydrogen-bond acceptors (Lipinski definition) is 3. The molecule has 1 fully saturated rings. The molecule has 2 amide bonds. The van der Waals surface area contributed by atoms with Crippen molar-refractivity contribution in [3.05, 3.63) is 59.2 Å². The second-order valence-corrected chi connectivity index (χ2v) is 7.78. The number of nitrogens with one attached hydrogen (secondary N) is 2. The summed E-state index contributed by atoms with van der Waals surface area (Å²) in [6, 6.07) is 13.8. The minimum absolute atomic E-state index is 0.00825. The molecule has 154 valence electrons. The van der Waals surface area contributed by atoms with Crippen LogP contribution in [0.2, 0.25) is 0 Å². The van der Waals surface area contributed by atoms with Gasteiger partial charge in [-0.25, -0.2) is 0 Å².